The molecule has 2 aliphatic rings. The van der Waals surface area contributed by atoms with Gasteiger partial charge in [-0.1, -0.05) is 39.0 Å². The van der Waals surface area contributed by atoms with Crippen LogP contribution < -0.4 is 19.7 Å². The molecule has 0 radical (unpaired) electrons. The molecule has 2 aliphatic heterocycles. The normalized spacial score (nSPS) is 16.7. The van der Waals surface area contributed by atoms with Crippen LogP contribution in [0.25, 0.3) is 5.69 Å². The van der Waals surface area contributed by atoms with Gasteiger partial charge in [0.1, 0.15) is 12.4 Å². The first kappa shape index (κ1) is 27.1. The second-order valence-electron chi connectivity index (χ2n) is 10.7. The molecule has 1 unspecified atom stereocenters. The number of methoxy groups -OCH3 is 1. The van der Waals surface area contributed by atoms with E-state index in [0.29, 0.717) is 30.5 Å². The first-order valence-electron chi connectivity index (χ1n) is 12.9. The van der Waals surface area contributed by atoms with Crippen LogP contribution in [0.15, 0.2) is 42.5 Å². The summed E-state index contributed by atoms with van der Waals surface area (Å²) in [6, 6.07) is 13.9. The second kappa shape index (κ2) is 10.9. The lowest BCUT2D eigenvalue weighted by Gasteiger charge is -2.24. The Kier molecular flexibility index (Phi) is 7.59. The average Bonchev–Trinajstić information content (AvgIpc) is 3.49. The molecular formula is C29H34N4O5S. The highest BCUT2D eigenvalue weighted by Crippen LogP contribution is 2.49. The summed E-state index contributed by atoms with van der Waals surface area (Å²) in [5, 5.41) is 7.77. The van der Waals surface area contributed by atoms with Crippen molar-refractivity contribution in [3.63, 3.8) is 0 Å². The van der Waals surface area contributed by atoms with Crippen LogP contribution in [0.4, 0.5) is 5.82 Å². The van der Waals surface area contributed by atoms with Crippen LogP contribution >= 0.6 is 11.8 Å². The van der Waals surface area contributed by atoms with Gasteiger partial charge in [0.2, 0.25) is 18.6 Å². The van der Waals surface area contributed by atoms with E-state index in [4.69, 9.17) is 19.3 Å². The zero-order valence-corrected chi connectivity index (χ0v) is 23.8. The van der Waals surface area contributed by atoms with Crippen molar-refractivity contribution in [1.29, 1.82) is 0 Å². The number of aromatic nitrogens is 2. The van der Waals surface area contributed by atoms with Gasteiger partial charge in [-0.25, -0.2) is 4.68 Å². The van der Waals surface area contributed by atoms with Gasteiger partial charge in [-0.05, 0) is 42.3 Å². The Labute approximate surface area is 232 Å². The summed E-state index contributed by atoms with van der Waals surface area (Å²) in [5.41, 5.74) is 4.33. The van der Waals surface area contributed by atoms with E-state index in [1.54, 1.807) is 12.0 Å². The third-order valence-electron chi connectivity index (χ3n) is 6.68. The third kappa shape index (κ3) is 5.49. The van der Waals surface area contributed by atoms with E-state index in [2.05, 4.69) is 26.1 Å². The number of nitrogens with one attached hydrogen (secondary N) is 1. The molecule has 0 aliphatic carbocycles. The second-order valence-corrected chi connectivity index (χ2v) is 11.8. The van der Waals surface area contributed by atoms with Crippen LogP contribution in [0.5, 0.6) is 11.5 Å². The molecule has 0 fully saturated rings. The van der Waals surface area contributed by atoms with E-state index in [1.165, 1.54) is 11.8 Å². The number of amides is 2. The number of carbonyl (C=O) groups excluding carboxylic acids is 2. The Morgan fingerprint density at radius 1 is 1.18 bits per heavy atom. The maximum Gasteiger partial charge on any atom is 0.240 e. The van der Waals surface area contributed by atoms with Crippen LogP contribution in [0.3, 0.4) is 0 Å². The van der Waals surface area contributed by atoms with E-state index in [1.807, 2.05) is 54.1 Å². The first-order chi connectivity index (χ1) is 18.7. The number of hydrogen-bond acceptors (Lipinski definition) is 7. The van der Waals surface area contributed by atoms with Gasteiger partial charge in [-0.15, -0.1) is 11.8 Å². The summed E-state index contributed by atoms with van der Waals surface area (Å²) in [4.78, 5) is 28.3. The summed E-state index contributed by atoms with van der Waals surface area (Å²) in [6.07, 6.45) is 0. The summed E-state index contributed by atoms with van der Waals surface area (Å²) in [7, 11) is 1.58. The summed E-state index contributed by atoms with van der Waals surface area (Å²) in [5.74, 6) is 1.80. The van der Waals surface area contributed by atoms with Crippen LogP contribution in [-0.4, -0.2) is 60.9 Å². The molecule has 1 atom stereocenters. The minimum Gasteiger partial charge on any atom is -0.454 e. The van der Waals surface area contributed by atoms with Crippen molar-refractivity contribution in [2.75, 3.05) is 44.3 Å². The Morgan fingerprint density at radius 3 is 2.72 bits per heavy atom. The highest BCUT2D eigenvalue weighted by Gasteiger charge is 2.40. The van der Waals surface area contributed by atoms with Crippen molar-refractivity contribution in [2.24, 2.45) is 0 Å². The lowest BCUT2D eigenvalue weighted by atomic mass is 9.87. The summed E-state index contributed by atoms with van der Waals surface area (Å²) in [6.45, 7) is 9.19. The molecule has 5 rings (SSSR count). The Balaban J connectivity index is 1.71. The first-order valence-corrected chi connectivity index (χ1v) is 14.0. The fourth-order valence-corrected chi connectivity index (χ4v) is 6.03. The van der Waals surface area contributed by atoms with Gasteiger partial charge < -0.3 is 19.5 Å². The van der Waals surface area contributed by atoms with Crippen molar-refractivity contribution < 1.29 is 23.8 Å². The van der Waals surface area contributed by atoms with Crippen LogP contribution in [0, 0.1) is 6.92 Å². The van der Waals surface area contributed by atoms with Gasteiger partial charge in [0.25, 0.3) is 0 Å². The molecule has 10 heteroatoms. The van der Waals surface area contributed by atoms with Crippen LogP contribution in [0.2, 0.25) is 0 Å². The lowest BCUT2D eigenvalue weighted by molar-refractivity contribution is -0.123. The number of thioether (sulfide) groups is 1. The van der Waals surface area contributed by atoms with E-state index in [-0.39, 0.29) is 41.6 Å². The van der Waals surface area contributed by atoms with Crippen molar-refractivity contribution in [3.8, 4) is 17.2 Å². The molecule has 3 heterocycles. The molecule has 1 aromatic heterocycles. The number of hydrogen-bond donors (Lipinski definition) is 1. The molecular weight excluding hydrogens is 516 g/mol. The molecule has 9 nitrogen and oxygen atoms in total. The molecule has 0 saturated heterocycles. The third-order valence-corrected chi connectivity index (χ3v) is 7.93. The number of rotatable bonds is 7. The maximum absolute atomic E-state index is 13.7. The van der Waals surface area contributed by atoms with Gasteiger partial charge in [0.05, 0.1) is 29.0 Å². The molecule has 3 aromatic rings. The van der Waals surface area contributed by atoms with Crippen LogP contribution in [-0.2, 0) is 19.7 Å². The Morgan fingerprint density at radius 2 is 1.97 bits per heavy atom. The van der Waals surface area contributed by atoms with E-state index in [0.717, 1.165) is 28.1 Å². The van der Waals surface area contributed by atoms with Crippen molar-refractivity contribution in [2.45, 2.75) is 38.4 Å². The highest BCUT2D eigenvalue weighted by atomic mass is 32.2. The monoisotopic (exact) mass is 550 g/mol. The maximum atomic E-state index is 13.7. The average molecular weight is 551 g/mol. The topological polar surface area (TPSA) is 94.9 Å². The fourth-order valence-electron chi connectivity index (χ4n) is 4.84. The quantitative estimate of drug-likeness (QED) is 0.442. The molecule has 1 N–H and O–H groups in total. The van der Waals surface area contributed by atoms with E-state index in [9.17, 15) is 9.59 Å². The standard InChI is InChI=1S/C29H34N4O5S/c1-18-7-6-8-20(13-18)33-28-25(27(31-33)29(2,3)4)26(19-9-10-21-22(14-19)38-17-37-21)39-16-24(35)32(28)15-23(34)30-11-12-36-5/h6-10,13-14,26H,11-12,15-17H2,1-5H3,(H,30,34). The molecule has 2 amide bonds. The summed E-state index contributed by atoms with van der Waals surface area (Å²) >= 11 is 1.54. The minimum absolute atomic E-state index is 0.120. The molecule has 39 heavy (non-hydrogen) atoms. The Bertz CT molecular complexity index is 1400. The van der Waals surface area contributed by atoms with E-state index < -0.39 is 0 Å². The fraction of sp³-hybridized carbons (Fsp3) is 0.414. The number of anilines is 1. The number of ether oxygens (including phenoxy) is 3. The van der Waals surface area contributed by atoms with Gasteiger partial charge >= 0.3 is 0 Å². The highest BCUT2D eigenvalue weighted by molar-refractivity contribution is 8.00. The molecule has 0 spiro atoms. The van der Waals surface area contributed by atoms with Crippen molar-refractivity contribution in [1.82, 2.24) is 15.1 Å². The van der Waals surface area contributed by atoms with Gasteiger partial charge in [-0.2, -0.15) is 5.10 Å². The predicted octanol–water partition coefficient (Wildman–Crippen LogP) is 4.14. The number of benzene rings is 2. The van der Waals surface area contributed by atoms with Crippen LogP contribution in [0.1, 0.15) is 48.4 Å². The largest absolute Gasteiger partial charge is 0.454 e. The number of aryl methyl sites for hydroxylation is 1. The summed E-state index contributed by atoms with van der Waals surface area (Å²) < 4.78 is 18.1. The number of carbonyl (C=O) groups is 2. The molecule has 206 valence electrons. The van der Waals surface area contributed by atoms with Crippen molar-refractivity contribution >= 4 is 29.4 Å². The zero-order valence-electron chi connectivity index (χ0n) is 22.9. The van der Waals surface area contributed by atoms with Crippen molar-refractivity contribution in [3.05, 3.63) is 64.8 Å². The molecule has 2 aromatic carbocycles. The number of fused-ring (bicyclic) bond motifs is 2. The Hall–Kier alpha value is -3.50. The lowest BCUT2D eigenvalue weighted by Crippen LogP contribution is -2.43. The molecule has 0 saturated carbocycles. The van der Waals surface area contributed by atoms with E-state index >= 15 is 0 Å². The predicted molar refractivity (Wildman–Crippen MR) is 151 cm³/mol. The SMILES string of the molecule is COCCNC(=O)CN1C(=O)CSC(c2ccc3c(c2)OCO3)c2c(C(C)(C)C)nn(-c3cccc(C)c3)c21. The van der Waals surface area contributed by atoms with Gasteiger partial charge in [0.15, 0.2) is 11.5 Å². The van der Waals surface area contributed by atoms with Gasteiger partial charge in [0, 0.05) is 24.6 Å². The zero-order chi connectivity index (χ0) is 27.7. The molecule has 0 bridgehead atoms. The van der Waals surface area contributed by atoms with Gasteiger partial charge in [-0.3, -0.25) is 14.5 Å². The minimum atomic E-state index is -0.339. The number of nitrogens with zero attached hydrogens (tertiary/aromatic N) is 3. The smallest absolute Gasteiger partial charge is 0.240 e.